The number of anilines is 2. The molecule has 2 amide bonds. The molecule has 160 valence electrons. The van der Waals surface area contributed by atoms with Crippen LogP contribution in [-0.2, 0) is 19.6 Å². The summed E-state index contributed by atoms with van der Waals surface area (Å²) in [4.78, 5) is 24.1. The van der Waals surface area contributed by atoms with Crippen molar-refractivity contribution >= 4 is 44.8 Å². The molecule has 0 unspecified atom stereocenters. The van der Waals surface area contributed by atoms with E-state index in [9.17, 15) is 18.0 Å². The second kappa shape index (κ2) is 9.03. The molecule has 10 heteroatoms. The van der Waals surface area contributed by atoms with Gasteiger partial charge in [0.1, 0.15) is 11.8 Å². The van der Waals surface area contributed by atoms with Crippen molar-refractivity contribution in [3.05, 3.63) is 47.5 Å². The van der Waals surface area contributed by atoms with Crippen molar-refractivity contribution in [1.29, 1.82) is 0 Å². The van der Waals surface area contributed by atoms with Gasteiger partial charge in [0.25, 0.3) is 0 Å². The van der Waals surface area contributed by atoms with Crippen LogP contribution in [-0.4, -0.2) is 44.2 Å². The van der Waals surface area contributed by atoms with E-state index in [1.54, 1.807) is 24.3 Å². The van der Waals surface area contributed by atoms with Gasteiger partial charge >= 0.3 is 0 Å². The van der Waals surface area contributed by atoms with Gasteiger partial charge in [-0.1, -0.05) is 11.6 Å². The molecule has 0 spiro atoms. The maximum Gasteiger partial charge on any atom is 0.243 e. The molecule has 0 aliphatic carbocycles. The Morgan fingerprint density at radius 2 is 1.83 bits per heavy atom. The monoisotopic (exact) mass is 451 g/mol. The van der Waals surface area contributed by atoms with Crippen molar-refractivity contribution in [2.45, 2.75) is 30.7 Å². The average Bonchev–Trinajstić information content (AvgIpc) is 3.21. The fraction of sp³-hybridized carbons (Fsp3) is 0.300. The van der Waals surface area contributed by atoms with E-state index in [-0.39, 0.29) is 22.4 Å². The summed E-state index contributed by atoms with van der Waals surface area (Å²) in [7, 11) is -2.34. The van der Waals surface area contributed by atoms with Crippen LogP contribution in [0.15, 0.2) is 47.4 Å². The van der Waals surface area contributed by atoms with Crippen LogP contribution in [0.5, 0.6) is 5.75 Å². The van der Waals surface area contributed by atoms with Crippen LogP contribution in [0, 0.1) is 0 Å². The molecule has 8 nitrogen and oxygen atoms in total. The minimum atomic E-state index is -3.84. The van der Waals surface area contributed by atoms with E-state index in [0.717, 1.165) is 0 Å². The van der Waals surface area contributed by atoms with Crippen LogP contribution in [0.25, 0.3) is 0 Å². The highest BCUT2D eigenvalue weighted by atomic mass is 35.5. The van der Waals surface area contributed by atoms with Crippen molar-refractivity contribution < 1.29 is 22.7 Å². The summed E-state index contributed by atoms with van der Waals surface area (Å²) < 4.78 is 32.4. The zero-order chi connectivity index (χ0) is 21.9. The normalized spacial score (nSPS) is 16.8. The Bertz CT molecular complexity index is 1060. The quantitative estimate of drug-likeness (QED) is 0.702. The lowest BCUT2D eigenvalue weighted by atomic mass is 10.2. The number of nitrogens with one attached hydrogen (secondary N) is 2. The lowest BCUT2D eigenvalue weighted by molar-refractivity contribution is -0.119. The molecule has 1 fully saturated rings. The number of sulfonamides is 1. The Balaban J connectivity index is 1.77. The second-order valence-electron chi connectivity index (χ2n) is 6.81. The number of benzene rings is 2. The first-order chi connectivity index (χ1) is 14.2. The second-order valence-corrected chi connectivity index (χ2v) is 9.11. The molecular weight excluding hydrogens is 430 g/mol. The molecule has 0 saturated carbocycles. The first kappa shape index (κ1) is 22.1. The summed E-state index contributed by atoms with van der Waals surface area (Å²) in [5, 5.41) is 5.56. The van der Waals surface area contributed by atoms with E-state index in [1.807, 2.05) is 0 Å². The van der Waals surface area contributed by atoms with Gasteiger partial charge in [-0.15, -0.1) is 0 Å². The Morgan fingerprint density at radius 1 is 1.13 bits per heavy atom. The SMILES string of the molecule is COc1ccc(S(=O)(=O)N2CCC[C@H]2C(=O)Nc2ccc(NC(C)=O)c(Cl)c2)cc1. The topological polar surface area (TPSA) is 105 Å². The summed E-state index contributed by atoms with van der Waals surface area (Å²) in [5.74, 6) is -0.156. The predicted octanol–water partition coefficient (Wildman–Crippen LogP) is 3.10. The number of ether oxygens (including phenoxy) is 1. The first-order valence-electron chi connectivity index (χ1n) is 9.26. The third kappa shape index (κ3) is 4.75. The Labute approximate surface area is 180 Å². The number of halogens is 1. The standard InChI is InChI=1S/C20H22ClN3O5S/c1-13(25)22-18-10-5-14(12-17(18)21)23-20(26)19-4-3-11-24(19)30(27,28)16-8-6-15(29-2)7-9-16/h5-10,12,19H,3-4,11H2,1-2H3,(H,22,25)(H,23,26)/t19-/m0/s1. The number of methoxy groups -OCH3 is 1. The lowest BCUT2D eigenvalue weighted by Crippen LogP contribution is -2.43. The van der Waals surface area contributed by atoms with Crippen LogP contribution in [0.4, 0.5) is 11.4 Å². The molecule has 3 rings (SSSR count). The van der Waals surface area contributed by atoms with E-state index in [1.165, 1.54) is 36.5 Å². The molecule has 2 aromatic carbocycles. The molecule has 2 aromatic rings. The molecule has 30 heavy (non-hydrogen) atoms. The van der Waals surface area contributed by atoms with Crippen LogP contribution < -0.4 is 15.4 Å². The molecule has 1 aliphatic heterocycles. The predicted molar refractivity (Wildman–Crippen MR) is 114 cm³/mol. The number of nitrogens with zero attached hydrogens (tertiary/aromatic N) is 1. The van der Waals surface area contributed by atoms with Gasteiger partial charge in [0.2, 0.25) is 21.8 Å². The van der Waals surface area contributed by atoms with Gasteiger partial charge < -0.3 is 15.4 Å². The smallest absolute Gasteiger partial charge is 0.243 e. The third-order valence-corrected chi connectivity index (χ3v) is 6.95. The van der Waals surface area contributed by atoms with Crippen molar-refractivity contribution in [3.63, 3.8) is 0 Å². The van der Waals surface area contributed by atoms with E-state index >= 15 is 0 Å². The van der Waals surface area contributed by atoms with Gasteiger partial charge in [0.05, 0.1) is 22.7 Å². The van der Waals surface area contributed by atoms with Gasteiger partial charge in [-0.25, -0.2) is 8.42 Å². The molecule has 0 radical (unpaired) electrons. The fourth-order valence-electron chi connectivity index (χ4n) is 3.28. The number of carbonyl (C=O) groups excluding carboxylic acids is 2. The Kier molecular flexibility index (Phi) is 6.64. The van der Waals surface area contributed by atoms with Crippen LogP contribution >= 0.6 is 11.6 Å². The van der Waals surface area contributed by atoms with Crippen LogP contribution in [0.1, 0.15) is 19.8 Å². The zero-order valence-electron chi connectivity index (χ0n) is 16.5. The number of rotatable bonds is 6. The van der Waals surface area contributed by atoms with Gasteiger partial charge in [-0.05, 0) is 55.3 Å². The third-order valence-electron chi connectivity index (χ3n) is 4.72. The molecule has 2 N–H and O–H groups in total. The maximum absolute atomic E-state index is 13.0. The molecule has 1 aliphatic rings. The summed E-state index contributed by atoms with van der Waals surface area (Å²) in [6, 6.07) is 9.89. The number of amides is 2. The highest BCUT2D eigenvalue weighted by Gasteiger charge is 2.39. The lowest BCUT2D eigenvalue weighted by Gasteiger charge is -2.23. The fourth-order valence-corrected chi connectivity index (χ4v) is 5.17. The van der Waals surface area contributed by atoms with Crippen molar-refractivity contribution in [2.24, 2.45) is 0 Å². The minimum Gasteiger partial charge on any atom is -0.497 e. The zero-order valence-corrected chi connectivity index (χ0v) is 18.1. The molecule has 1 atom stereocenters. The highest BCUT2D eigenvalue weighted by Crippen LogP contribution is 2.29. The number of hydrogen-bond donors (Lipinski definition) is 2. The first-order valence-corrected chi connectivity index (χ1v) is 11.1. The molecule has 0 bridgehead atoms. The van der Waals surface area contributed by atoms with Gasteiger partial charge in [-0.2, -0.15) is 4.31 Å². The minimum absolute atomic E-state index is 0.103. The number of carbonyl (C=O) groups is 2. The molecular formula is C20H22ClN3O5S. The van der Waals surface area contributed by atoms with Gasteiger partial charge in [0, 0.05) is 19.2 Å². The van der Waals surface area contributed by atoms with Crippen LogP contribution in [0.2, 0.25) is 5.02 Å². The summed E-state index contributed by atoms with van der Waals surface area (Å²) in [5.41, 5.74) is 0.833. The van der Waals surface area contributed by atoms with Crippen molar-refractivity contribution in [3.8, 4) is 5.75 Å². The Morgan fingerprint density at radius 3 is 2.43 bits per heavy atom. The number of hydrogen-bond acceptors (Lipinski definition) is 5. The largest absolute Gasteiger partial charge is 0.497 e. The van der Waals surface area contributed by atoms with E-state index < -0.39 is 22.0 Å². The average molecular weight is 452 g/mol. The molecule has 0 aromatic heterocycles. The van der Waals surface area contributed by atoms with Crippen LogP contribution in [0.3, 0.4) is 0 Å². The molecule has 1 saturated heterocycles. The molecule has 1 heterocycles. The van der Waals surface area contributed by atoms with E-state index in [4.69, 9.17) is 16.3 Å². The maximum atomic E-state index is 13.0. The van der Waals surface area contributed by atoms with Gasteiger partial charge in [-0.3, -0.25) is 9.59 Å². The Hall–Kier alpha value is -2.62. The highest BCUT2D eigenvalue weighted by molar-refractivity contribution is 7.89. The summed E-state index contributed by atoms with van der Waals surface area (Å²) in [6.07, 6.45) is 0.995. The summed E-state index contributed by atoms with van der Waals surface area (Å²) >= 11 is 6.14. The van der Waals surface area contributed by atoms with Gasteiger partial charge in [0.15, 0.2) is 0 Å². The van der Waals surface area contributed by atoms with Crippen molar-refractivity contribution in [2.75, 3.05) is 24.3 Å². The van der Waals surface area contributed by atoms with Crippen molar-refractivity contribution in [1.82, 2.24) is 4.31 Å². The van der Waals surface area contributed by atoms with E-state index in [2.05, 4.69) is 10.6 Å². The summed E-state index contributed by atoms with van der Waals surface area (Å²) in [6.45, 7) is 1.62. The van der Waals surface area contributed by atoms with E-state index in [0.29, 0.717) is 30.0 Å².